The second-order valence-electron chi connectivity index (χ2n) is 9.55. The number of halogens is 2. The fraction of sp³-hybridized carbons (Fsp3) is 0.172. The van der Waals surface area contributed by atoms with Crippen molar-refractivity contribution in [3.05, 3.63) is 91.0 Å². The highest BCUT2D eigenvalue weighted by molar-refractivity contribution is 7.92. The van der Waals surface area contributed by atoms with Gasteiger partial charge in [0, 0.05) is 29.5 Å². The maximum atomic E-state index is 14.0. The molecule has 0 fully saturated rings. The van der Waals surface area contributed by atoms with Gasteiger partial charge in [-0.25, -0.2) is 32.2 Å². The summed E-state index contributed by atoms with van der Waals surface area (Å²) in [7, 11) is -0.340. The molecule has 5 aromatic rings. The summed E-state index contributed by atoms with van der Waals surface area (Å²) in [5.41, 5.74) is 4.30. The molecular formula is C29H29F2N7O4S. The molecule has 0 spiro atoms. The van der Waals surface area contributed by atoms with Crippen LogP contribution in [0.2, 0.25) is 0 Å². The van der Waals surface area contributed by atoms with Crippen molar-refractivity contribution in [1.82, 2.24) is 24.4 Å². The molecule has 0 bridgehead atoms. The SMILES string of the molecule is CN(C)CCCn1cnc2cc(-c3cc(Nc4ccc(NS(=O)(=O)c5c(F)cccc5F)cc4)ncn3)ccc21.O=CO. The van der Waals surface area contributed by atoms with E-state index < -0.39 is 26.6 Å². The van der Waals surface area contributed by atoms with Gasteiger partial charge in [-0.05, 0) is 75.6 Å². The third-order valence-corrected chi connectivity index (χ3v) is 7.62. The number of carboxylic acid groups (broad SMARTS) is 1. The number of hydrogen-bond donors (Lipinski definition) is 3. The minimum atomic E-state index is -4.45. The topological polar surface area (TPSA) is 142 Å². The van der Waals surface area contributed by atoms with Crippen LogP contribution >= 0.6 is 0 Å². The summed E-state index contributed by atoms with van der Waals surface area (Å²) in [5.74, 6) is -1.81. The normalized spacial score (nSPS) is 11.2. The molecule has 0 aliphatic heterocycles. The molecule has 2 heterocycles. The zero-order valence-electron chi connectivity index (χ0n) is 23.3. The standard InChI is InChI=1S/C28H27F2N7O2S.CH2O2/c1-36(2)13-4-14-37-18-33-25-15-19(7-12-26(25)37)24-16-27(32-17-31-24)34-20-8-10-21(11-9-20)35-40(38,39)28-22(29)5-3-6-23(28)30;2-1-3/h3,5-12,15-18,35H,4,13-14H2,1-2H3,(H,31,32,34);1H,(H,2,3). The third-order valence-electron chi connectivity index (χ3n) is 6.19. The van der Waals surface area contributed by atoms with Crippen molar-refractivity contribution in [3.63, 3.8) is 0 Å². The van der Waals surface area contributed by atoms with Crippen molar-refractivity contribution < 1.29 is 27.1 Å². The zero-order chi connectivity index (χ0) is 31.0. The second kappa shape index (κ2) is 13.8. The van der Waals surface area contributed by atoms with E-state index in [0.717, 1.165) is 54.3 Å². The molecule has 3 aromatic carbocycles. The molecule has 224 valence electrons. The molecule has 0 aliphatic rings. The first-order valence-corrected chi connectivity index (χ1v) is 14.4. The minimum absolute atomic E-state index is 0.144. The lowest BCUT2D eigenvalue weighted by Crippen LogP contribution is -2.16. The van der Waals surface area contributed by atoms with Gasteiger partial charge in [-0.1, -0.05) is 12.1 Å². The average molecular weight is 610 g/mol. The van der Waals surface area contributed by atoms with Crippen LogP contribution < -0.4 is 10.0 Å². The molecule has 0 aliphatic carbocycles. The summed E-state index contributed by atoms with van der Waals surface area (Å²) >= 11 is 0. The molecule has 11 nitrogen and oxygen atoms in total. The van der Waals surface area contributed by atoms with E-state index in [1.54, 1.807) is 18.2 Å². The molecule has 0 radical (unpaired) electrons. The third kappa shape index (κ3) is 7.87. The Bertz CT molecular complexity index is 1790. The number of sulfonamides is 1. The summed E-state index contributed by atoms with van der Waals surface area (Å²) in [6.07, 6.45) is 4.33. The van der Waals surface area contributed by atoms with E-state index in [-0.39, 0.29) is 12.2 Å². The van der Waals surface area contributed by atoms with Crippen LogP contribution in [0, 0.1) is 11.6 Å². The summed E-state index contributed by atoms with van der Waals surface area (Å²) in [4.78, 5) is 22.7. The molecule has 2 aromatic heterocycles. The van der Waals surface area contributed by atoms with Crippen molar-refractivity contribution in [2.45, 2.75) is 17.9 Å². The number of carbonyl (C=O) groups is 1. The van der Waals surface area contributed by atoms with Gasteiger partial charge >= 0.3 is 0 Å². The highest BCUT2D eigenvalue weighted by Crippen LogP contribution is 2.26. The lowest BCUT2D eigenvalue weighted by Gasteiger charge is -2.11. The van der Waals surface area contributed by atoms with Gasteiger partial charge < -0.3 is 19.9 Å². The molecule has 0 saturated heterocycles. The summed E-state index contributed by atoms with van der Waals surface area (Å²) < 4.78 is 57.3. The van der Waals surface area contributed by atoms with Crippen molar-refractivity contribution in [2.24, 2.45) is 0 Å². The van der Waals surface area contributed by atoms with E-state index in [4.69, 9.17) is 9.90 Å². The van der Waals surface area contributed by atoms with Crippen LogP contribution in [0.15, 0.2) is 84.3 Å². The predicted octanol–water partition coefficient (Wildman–Crippen LogP) is 4.97. The summed E-state index contributed by atoms with van der Waals surface area (Å²) in [6.45, 7) is 1.64. The van der Waals surface area contributed by atoms with Crippen LogP contribution in [0.1, 0.15) is 6.42 Å². The summed E-state index contributed by atoms with van der Waals surface area (Å²) in [5, 5.41) is 10.0. The summed E-state index contributed by atoms with van der Waals surface area (Å²) in [6, 6.07) is 16.9. The lowest BCUT2D eigenvalue weighted by molar-refractivity contribution is -0.122. The highest BCUT2D eigenvalue weighted by atomic mass is 32.2. The smallest absolute Gasteiger partial charge is 0.290 e. The Kier molecular flexibility index (Phi) is 9.95. The molecule has 5 rings (SSSR count). The van der Waals surface area contributed by atoms with Gasteiger partial charge in [0.15, 0.2) is 4.90 Å². The first-order chi connectivity index (χ1) is 20.6. The minimum Gasteiger partial charge on any atom is -0.483 e. The predicted molar refractivity (Wildman–Crippen MR) is 160 cm³/mol. The zero-order valence-corrected chi connectivity index (χ0v) is 24.1. The van der Waals surface area contributed by atoms with E-state index in [2.05, 4.69) is 48.6 Å². The molecule has 14 heteroatoms. The number of anilines is 3. The van der Waals surface area contributed by atoms with E-state index in [0.29, 0.717) is 17.2 Å². The van der Waals surface area contributed by atoms with E-state index >= 15 is 0 Å². The van der Waals surface area contributed by atoms with Crippen LogP contribution in [-0.4, -0.2) is 65.1 Å². The molecule has 3 N–H and O–H groups in total. The van der Waals surface area contributed by atoms with Crippen LogP contribution in [0.3, 0.4) is 0 Å². The molecule has 0 saturated carbocycles. The molecular weight excluding hydrogens is 580 g/mol. The van der Waals surface area contributed by atoms with Crippen molar-refractivity contribution in [1.29, 1.82) is 0 Å². The Morgan fingerprint density at radius 2 is 1.63 bits per heavy atom. The molecule has 43 heavy (non-hydrogen) atoms. The highest BCUT2D eigenvalue weighted by Gasteiger charge is 2.23. The number of nitrogens with one attached hydrogen (secondary N) is 2. The molecule has 0 unspecified atom stereocenters. The van der Waals surface area contributed by atoms with Gasteiger partial charge in [-0.15, -0.1) is 0 Å². The van der Waals surface area contributed by atoms with Gasteiger partial charge in [0.25, 0.3) is 16.5 Å². The van der Waals surface area contributed by atoms with Crippen molar-refractivity contribution in [3.8, 4) is 11.3 Å². The Morgan fingerprint density at radius 3 is 2.30 bits per heavy atom. The maximum absolute atomic E-state index is 14.0. The number of fused-ring (bicyclic) bond motifs is 1. The van der Waals surface area contributed by atoms with Gasteiger partial charge in [-0.2, -0.15) is 0 Å². The quantitative estimate of drug-likeness (QED) is 0.187. The number of imidazole rings is 1. The molecule has 0 atom stereocenters. The fourth-order valence-corrected chi connectivity index (χ4v) is 5.46. The van der Waals surface area contributed by atoms with Crippen LogP contribution in [0.4, 0.5) is 26.0 Å². The Morgan fingerprint density at radius 1 is 0.953 bits per heavy atom. The van der Waals surface area contributed by atoms with Gasteiger partial charge in [0.05, 0.1) is 23.1 Å². The number of nitrogens with zero attached hydrogens (tertiary/aromatic N) is 5. The maximum Gasteiger partial charge on any atom is 0.290 e. The van der Waals surface area contributed by atoms with E-state index in [1.165, 1.54) is 18.5 Å². The van der Waals surface area contributed by atoms with Crippen molar-refractivity contribution in [2.75, 3.05) is 30.7 Å². The Labute approximate surface area is 246 Å². The lowest BCUT2D eigenvalue weighted by atomic mass is 10.1. The monoisotopic (exact) mass is 609 g/mol. The Balaban J connectivity index is 0.00000135. The number of rotatable bonds is 10. The van der Waals surface area contributed by atoms with Crippen LogP contribution in [0.25, 0.3) is 22.3 Å². The second-order valence-corrected chi connectivity index (χ2v) is 11.2. The van der Waals surface area contributed by atoms with Crippen LogP contribution in [0.5, 0.6) is 0 Å². The molecule has 0 amide bonds. The number of hydrogen-bond acceptors (Lipinski definition) is 8. The number of aromatic nitrogens is 4. The first-order valence-electron chi connectivity index (χ1n) is 12.9. The van der Waals surface area contributed by atoms with Crippen LogP contribution in [-0.2, 0) is 21.4 Å². The van der Waals surface area contributed by atoms with Gasteiger partial charge in [0.2, 0.25) is 0 Å². The van der Waals surface area contributed by atoms with Gasteiger partial charge in [0.1, 0.15) is 23.8 Å². The Hall–Kier alpha value is -4.95. The average Bonchev–Trinajstić information content (AvgIpc) is 3.36. The number of aryl methyl sites for hydroxylation is 1. The largest absolute Gasteiger partial charge is 0.483 e. The van der Waals surface area contributed by atoms with Crippen molar-refractivity contribution >= 4 is 44.7 Å². The van der Waals surface area contributed by atoms with E-state index in [1.807, 2.05) is 24.5 Å². The fourth-order valence-electron chi connectivity index (χ4n) is 4.26. The van der Waals surface area contributed by atoms with E-state index in [9.17, 15) is 17.2 Å². The number of benzene rings is 3. The first kappa shape index (κ1) is 31.0. The van der Waals surface area contributed by atoms with Gasteiger partial charge in [-0.3, -0.25) is 9.52 Å².